The summed E-state index contributed by atoms with van der Waals surface area (Å²) < 4.78 is 7.68. The molecular formula is C13H16N2O. The molecule has 1 aliphatic heterocycles. The standard InChI is InChI=1S/C13H16N2O/c1-10-3-2-4-12-9-14-13(15(10)12)11-5-7-16-8-6-11/h2-4,9,11H,5-8H2,1H3. The van der Waals surface area contributed by atoms with Gasteiger partial charge in [0.05, 0.1) is 11.7 Å². The molecule has 0 bridgehead atoms. The van der Waals surface area contributed by atoms with Gasteiger partial charge in [0.15, 0.2) is 0 Å². The summed E-state index contributed by atoms with van der Waals surface area (Å²) in [6.07, 6.45) is 4.15. The van der Waals surface area contributed by atoms with Crippen LogP contribution < -0.4 is 0 Å². The summed E-state index contributed by atoms with van der Waals surface area (Å²) in [6, 6.07) is 6.33. The van der Waals surface area contributed by atoms with Crippen LogP contribution in [0.1, 0.15) is 30.3 Å². The van der Waals surface area contributed by atoms with Crippen molar-refractivity contribution in [3.63, 3.8) is 0 Å². The van der Waals surface area contributed by atoms with E-state index in [9.17, 15) is 0 Å². The number of hydrogen-bond donors (Lipinski definition) is 0. The molecule has 0 saturated carbocycles. The molecule has 2 aromatic rings. The summed E-state index contributed by atoms with van der Waals surface area (Å²) >= 11 is 0. The van der Waals surface area contributed by atoms with Crippen molar-refractivity contribution in [2.45, 2.75) is 25.7 Å². The number of ether oxygens (including phenoxy) is 1. The molecule has 1 fully saturated rings. The topological polar surface area (TPSA) is 26.5 Å². The average molecular weight is 216 g/mol. The predicted octanol–water partition coefficient (Wildman–Crippen LogP) is 2.54. The molecule has 0 aromatic carbocycles. The maximum absolute atomic E-state index is 5.40. The highest BCUT2D eigenvalue weighted by molar-refractivity contribution is 5.47. The van der Waals surface area contributed by atoms with E-state index in [1.54, 1.807) is 0 Å². The molecule has 3 heteroatoms. The normalized spacial score (nSPS) is 18.1. The highest BCUT2D eigenvalue weighted by atomic mass is 16.5. The minimum absolute atomic E-state index is 0.553. The van der Waals surface area contributed by atoms with E-state index in [1.807, 2.05) is 6.20 Å². The Morgan fingerprint density at radius 3 is 2.94 bits per heavy atom. The van der Waals surface area contributed by atoms with E-state index in [-0.39, 0.29) is 0 Å². The molecule has 84 valence electrons. The molecular weight excluding hydrogens is 200 g/mol. The summed E-state index contributed by atoms with van der Waals surface area (Å²) in [7, 11) is 0. The van der Waals surface area contributed by atoms with E-state index < -0.39 is 0 Å². The zero-order chi connectivity index (χ0) is 11.0. The Labute approximate surface area is 95.1 Å². The zero-order valence-corrected chi connectivity index (χ0v) is 9.52. The number of nitrogens with zero attached hydrogens (tertiary/aromatic N) is 2. The summed E-state index contributed by atoms with van der Waals surface area (Å²) in [6.45, 7) is 3.87. The number of pyridine rings is 1. The number of aromatic nitrogens is 2. The third kappa shape index (κ3) is 1.52. The second-order valence-electron chi connectivity index (χ2n) is 4.43. The molecule has 2 aromatic heterocycles. The van der Waals surface area contributed by atoms with E-state index in [4.69, 9.17) is 4.74 Å². The third-order valence-electron chi connectivity index (χ3n) is 3.36. The Hall–Kier alpha value is -1.35. The summed E-state index contributed by atoms with van der Waals surface area (Å²) in [5, 5.41) is 0. The van der Waals surface area contributed by atoms with Crippen LogP contribution in [-0.4, -0.2) is 22.6 Å². The Morgan fingerprint density at radius 2 is 2.12 bits per heavy atom. The molecule has 1 saturated heterocycles. The van der Waals surface area contributed by atoms with Gasteiger partial charge in [0.1, 0.15) is 5.82 Å². The van der Waals surface area contributed by atoms with Crippen LogP contribution in [0.15, 0.2) is 24.4 Å². The highest BCUT2D eigenvalue weighted by Crippen LogP contribution is 2.27. The first-order valence-corrected chi connectivity index (χ1v) is 5.87. The minimum Gasteiger partial charge on any atom is -0.381 e. The molecule has 0 atom stereocenters. The van der Waals surface area contributed by atoms with Crippen LogP contribution in [0.2, 0.25) is 0 Å². The van der Waals surface area contributed by atoms with Gasteiger partial charge in [0.2, 0.25) is 0 Å². The summed E-state index contributed by atoms with van der Waals surface area (Å²) in [4.78, 5) is 4.59. The second kappa shape index (κ2) is 3.91. The van der Waals surface area contributed by atoms with Crippen molar-refractivity contribution in [3.05, 3.63) is 35.9 Å². The Kier molecular flexibility index (Phi) is 2.40. The SMILES string of the molecule is Cc1cccc2cnc(C3CCOCC3)n12. The fourth-order valence-electron chi connectivity index (χ4n) is 2.49. The van der Waals surface area contributed by atoms with Gasteiger partial charge in [-0.15, -0.1) is 0 Å². The molecule has 3 rings (SSSR count). The van der Waals surface area contributed by atoms with Crippen molar-refractivity contribution in [2.75, 3.05) is 13.2 Å². The monoisotopic (exact) mass is 216 g/mol. The van der Waals surface area contributed by atoms with E-state index in [0.717, 1.165) is 26.1 Å². The second-order valence-corrected chi connectivity index (χ2v) is 4.43. The van der Waals surface area contributed by atoms with Crippen molar-refractivity contribution in [2.24, 2.45) is 0 Å². The maximum Gasteiger partial charge on any atom is 0.116 e. The van der Waals surface area contributed by atoms with Gasteiger partial charge in [-0.25, -0.2) is 4.98 Å². The molecule has 0 unspecified atom stereocenters. The number of fused-ring (bicyclic) bond motifs is 1. The fraction of sp³-hybridized carbons (Fsp3) is 0.462. The van der Waals surface area contributed by atoms with Crippen LogP contribution in [0.3, 0.4) is 0 Å². The van der Waals surface area contributed by atoms with Gasteiger partial charge < -0.3 is 9.14 Å². The van der Waals surface area contributed by atoms with Crippen LogP contribution in [0, 0.1) is 6.92 Å². The molecule has 0 radical (unpaired) electrons. The largest absolute Gasteiger partial charge is 0.381 e. The molecule has 0 N–H and O–H groups in total. The van der Waals surface area contributed by atoms with Gasteiger partial charge in [0.25, 0.3) is 0 Å². The maximum atomic E-state index is 5.40. The fourth-order valence-corrected chi connectivity index (χ4v) is 2.49. The molecule has 3 nitrogen and oxygen atoms in total. The lowest BCUT2D eigenvalue weighted by Crippen LogP contribution is -2.16. The van der Waals surface area contributed by atoms with E-state index >= 15 is 0 Å². The number of aryl methyl sites for hydroxylation is 1. The van der Waals surface area contributed by atoms with Gasteiger partial charge >= 0.3 is 0 Å². The molecule has 0 aliphatic carbocycles. The summed E-state index contributed by atoms with van der Waals surface area (Å²) in [5.74, 6) is 1.76. The molecule has 16 heavy (non-hydrogen) atoms. The Balaban J connectivity index is 2.09. The Morgan fingerprint density at radius 1 is 1.31 bits per heavy atom. The lowest BCUT2D eigenvalue weighted by Gasteiger charge is -2.21. The van der Waals surface area contributed by atoms with E-state index in [0.29, 0.717) is 5.92 Å². The number of imidazole rings is 1. The smallest absolute Gasteiger partial charge is 0.116 e. The highest BCUT2D eigenvalue weighted by Gasteiger charge is 2.20. The van der Waals surface area contributed by atoms with Gasteiger partial charge in [-0.1, -0.05) is 6.07 Å². The minimum atomic E-state index is 0.553. The van der Waals surface area contributed by atoms with Crippen LogP contribution >= 0.6 is 0 Å². The molecule has 0 amide bonds. The van der Waals surface area contributed by atoms with Crippen LogP contribution in [0.5, 0.6) is 0 Å². The van der Waals surface area contributed by atoms with Gasteiger partial charge in [-0.2, -0.15) is 0 Å². The average Bonchev–Trinajstić information content (AvgIpc) is 2.75. The van der Waals surface area contributed by atoms with Crippen molar-refractivity contribution in [1.29, 1.82) is 0 Å². The third-order valence-corrected chi connectivity index (χ3v) is 3.36. The van der Waals surface area contributed by atoms with Gasteiger partial charge in [-0.05, 0) is 31.9 Å². The molecule has 0 spiro atoms. The van der Waals surface area contributed by atoms with Crippen molar-refractivity contribution >= 4 is 5.52 Å². The number of rotatable bonds is 1. The first kappa shape index (κ1) is 9.85. The Bertz CT molecular complexity index is 498. The number of hydrogen-bond acceptors (Lipinski definition) is 2. The zero-order valence-electron chi connectivity index (χ0n) is 9.52. The molecule has 3 heterocycles. The summed E-state index contributed by atoms with van der Waals surface area (Å²) in [5.41, 5.74) is 2.46. The lowest BCUT2D eigenvalue weighted by atomic mass is 9.99. The lowest BCUT2D eigenvalue weighted by molar-refractivity contribution is 0.0834. The molecule has 1 aliphatic rings. The predicted molar refractivity (Wildman–Crippen MR) is 62.7 cm³/mol. The van der Waals surface area contributed by atoms with E-state index in [2.05, 4.69) is 34.5 Å². The van der Waals surface area contributed by atoms with Gasteiger partial charge in [-0.3, -0.25) is 0 Å². The van der Waals surface area contributed by atoms with Crippen LogP contribution in [-0.2, 0) is 4.74 Å². The van der Waals surface area contributed by atoms with Crippen molar-refractivity contribution in [1.82, 2.24) is 9.38 Å². The van der Waals surface area contributed by atoms with Gasteiger partial charge in [0, 0.05) is 24.8 Å². The van der Waals surface area contributed by atoms with Crippen molar-refractivity contribution < 1.29 is 4.74 Å². The first-order valence-electron chi connectivity index (χ1n) is 5.87. The quantitative estimate of drug-likeness (QED) is 0.732. The first-order chi connectivity index (χ1) is 7.86. The van der Waals surface area contributed by atoms with Crippen LogP contribution in [0.25, 0.3) is 5.52 Å². The van der Waals surface area contributed by atoms with Crippen LogP contribution in [0.4, 0.5) is 0 Å². The van der Waals surface area contributed by atoms with E-state index in [1.165, 1.54) is 17.0 Å². The van der Waals surface area contributed by atoms with Crippen molar-refractivity contribution in [3.8, 4) is 0 Å².